The SMILES string of the molecule is CC(C)=CCC(O)C(C)CCCC1(C)OC(CC(=O)O)C2CCC1O2. The molecule has 0 aromatic rings. The second-order valence-corrected chi connectivity index (χ2v) is 8.26. The second kappa shape index (κ2) is 8.65. The molecule has 2 saturated heterocycles. The van der Waals surface area contributed by atoms with Crippen LogP contribution in [0.2, 0.25) is 0 Å². The number of carbonyl (C=O) groups is 1. The number of rotatable bonds is 9. The molecule has 0 aromatic carbocycles. The van der Waals surface area contributed by atoms with Gasteiger partial charge in [-0.25, -0.2) is 0 Å². The number of ether oxygens (including phenoxy) is 2. The molecule has 0 saturated carbocycles. The summed E-state index contributed by atoms with van der Waals surface area (Å²) in [7, 11) is 0. The molecule has 2 fully saturated rings. The maximum atomic E-state index is 11.1. The van der Waals surface area contributed by atoms with Crippen molar-refractivity contribution < 1.29 is 24.5 Å². The van der Waals surface area contributed by atoms with Gasteiger partial charge < -0.3 is 19.7 Å². The van der Waals surface area contributed by atoms with E-state index < -0.39 is 11.6 Å². The Balaban J connectivity index is 1.84. The molecule has 25 heavy (non-hydrogen) atoms. The van der Waals surface area contributed by atoms with Crippen molar-refractivity contribution in [3.63, 3.8) is 0 Å². The zero-order valence-corrected chi connectivity index (χ0v) is 16.0. The van der Waals surface area contributed by atoms with Crippen LogP contribution in [0.1, 0.15) is 72.6 Å². The van der Waals surface area contributed by atoms with Crippen LogP contribution in [0.15, 0.2) is 11.6 Å². The van der Waals surface area contributed by atoms with Crippen molar-refractivity contribution in [3.05, 3.63) is 11.6 Å². The van der Waals surface area contributed by atoms with E-state index in [0.717, 1.165) is 32.1 Å². The summed E-state index contributed by atoms with van der Waals surface area (Å²) in [5, 5.41) is 19.3. The van der Waals surface area contributed by atoms with Gasteiger partial charge in [0.25, 0.3) is 0 Å². The van der Waals surface area contributed by atoms with Crippen LogP contribution in [0.3, 0.4) is 0 Å². The largest absolute Gasteiger partial charge is 0.481 e. The summed E-state index contributed by atoms with van der Waals surface area (Å²) >= 11 is 0. The summed E-state index contributed by atoms with van der Waals surface area (Å²) in [4.78, 5) is 11.1. The van der Waals surface area contributed by atoms with Crippen LogP contribution < -0.4 is 0 Å². The van der Waals surface area contributed by atoms with E-state index >= 15 is 0 Å². The minimum absolute atomic E-state index is 0.00476. The fourth-order valence-corrected chi connectivity index (χ4v) is 4.00. The first kappa shape index (κ1) is 20.4. The van der Waals surface area contributed by atoms with Gasteiger partial charge in [0, 0.05) is 0 Å². The number of hydrogen-bond donors (Lipinski definition) is 2. The van der Waals surface area contributed by atoms with E-state index in [1.54, 1.807) is 0 Å². The Kier molecular flexibility index (Phi) is 7.06. The molecule has 2 aliphatic rings. The maximum Gasteiger partial charge on any atom is 0.306 e. The molecule has 2 rings (SSSR count). The van der Waals surface area contributed by atoms with Crippen molar-refractivity contribution in [2.45, 2.75) is 103 Å². The molecule has 0 aliphatic carbocycles. The summed E-state index contributed by atoms with van der Waals surface area (Å²) in [5.74, 6) is -0.604. The quantitative estimate of drug-likeness (QED) is 0.618. The van der Waals surface area contributed by atoms with Crippen LogP contribution in [0.5, 0.6) is 0 Å². The lowest BCUT2D eigenvalue weighted by Crippen LogP contribution is -2.52. The zero-order chi connectivity index (χ0) is 18.6. The van der Waals surface area contributed by atoms with Crippen molar-refractivity contribution in [2.75, 3.05) is 0 Å². The first-order chi connectivity index (χ1) is 11.7. The van der Waals surface area contributed by atoms with Crippen LogP contribution in [0, 0.1) is 5.92 Å². The van der Waals surface area contributed by atoms with E-state index in [9.17, 15) is 9.90 Å². The van der Waals surface area contributed by atoms with Gasteiger partial charge in [-0.05, 0) is 58.8 Å². The lowest BCUT2D eigenvalue weighted by atomic mass is 9.87. The highest BCUT2D eigenvalue weighted by molar-refractivity contribution is 5.67. The Morgan fingerprint density at radius 2 is 2.08 bits per heavy atom. The van der Waals surface area contributed by atoms with E-state index in [0.29, 0.717) is 6.42 Å². The van der Waals surface area contributed by atoms with E-state index in [4.69, 9.17) is 14.6 Å². The first-order valence-electron chi connectivity index (χ1n) is 9.58. The number of aliphatic hydroxyl groups excluding tert-OH is 1. The standard InChI is InChI=1S/C20H34O5/c1-13(2)7-8-15(21)14(3)6-5-11-20(4)18-10-9-16(24-18)17(25-20)12-19(22)23/h7,14-18,21H,5-6,8-12H2,1-4H3,(H,22,23). The number of carboxylic acid groups (broad SMARTS) is 1. The molecular formula is C20H34O5. The van der Waals surface area contributed by atoms with Crippen molar-refractivity contribution in [3.8, 4) is 0 Å². The minimum Gasteiger partial charge on any atom is -0.481 e. The van der Waals surface area contributed by atoms with Crippen molar-refractivity contribution in [1.82, 2.24) is 0 Å². The lowest BCUT2D eigenvalue weighted by molar-refractivity contribution is -0.241. The molecule has 0 radical (unpaired) electrons. The molecule has 2 N–H and O–H groups in total. The first-order valence-corrected chi connectivity index (χ1v) is 9.58. The predicted molar refractivity (Wildman–Crippen MR) is 96.5 cm³/mol. The smallest absolute Gasteiger partial charge is 0.306 e. The summed E-state index contributed by atoms with van der Waals surface area (Å²) in [5.41, 5.74) is 0.810. The van der Waals surface area contributed by atoms with Gasteiger partial charge in [-0.3, -0.25) is 4.79 Å². The fourth-order valence-electron chi connectivity index (χ4n) is 4.00. The third kappa shape index (κ3) is 5.53. The fraction of sp³-hybridized carbons (Fsp3) is 0.850. The van der Waals surface area contributed by atoms with Crippen LogP contribution in [-0.2, 0) is 14.3 Å². The van der Waals surface area contributed by atoms with E-state index in [-0.39, 0.29) is 36.8 Å². The molecule has 5 nitrogen and oxygen atoms in total. The summed E-state index contributed by atoms with van der Waals surface area (Å²) in [6, 6.07) is 0. The molecule has 0 amide bonds. The highest BCUT2D eigenvalue weighted by Gasteiger charge is 2.50. The lowest BCUT2D eigenvalue weighted by Gasteiger charge is -2.43. The Morgan fingerprint density at radius 1 is 1.36 bits per heavy atom. The van der Waals surface area contributed by atoms with Crippen LogP contribution in [-0.4, -0.2) is 46.2 Å². The number of allylic oxidation sites excluding steroid dienone is 1. The van der Waals surface area contributed by atoms with E-state index in [2.05, 4.69) is 19.9 Å². The molecule has 2 heterocycles. The topological polar surface area (TPSA) is 76.0 Å². The molecule has 0 aromatic heterocycles. The third-order valence-electron chi connectivity index (χ3n) is 5.70. The van der Waals surface area contributed by atoms with E-state index in [1.165, 1.54) is 5.57 Å². The van der Waals surface area contributed by atoms with Crippen molar-refractivity contribution in [2.24, 2.45) is 5.92 Å². The minimum atomic E-state index is -0.836. The molecule has 144 valence electrons. The Labute approximate surface area is 151 Å². The highest BCUT2D eigenvalue weighted by atomic mass is 16.6. The van der Waals surface area contributed by atoms with Gasteiger partial charge >= 0.3 is 5.97 Å². The number of aliphatic hydroxyl groups is 1. The summed E-state index contributed by atoms with van der Waals surface area (Å²) < 4.78 is 12.3. The normalized spacial score (nSPS) is 33.7. The average Bonchev–Trinajstić information content (AvgIpc) is 2.97. The highest BCUT2D eigenvalue weighted by Crippen LogP contribution is 2.43. The number of hydrogen-bond acceptors (Lipinski definition) is 4. The Hall–Kier alpha value is -0.910. The summed E-state index contributed by atoms with van der Waals surface area (Å²) in [6.45, 7) is 8.23. The molecule has 2 aliphatic heterocycles. The van der Waals surface area contributed by atoms with Crippen molar-refractivity contribution >= 4 is 5.97 Å². The Morgan fingerprint density at radius 3 is 2.72 bits per heavy atom. The molecular weight excluding hydrogens is 320 g/mol. The van der Waals surface area contributed by atoms with Gasteiger partial charge in [0.05, 0.1) is 36.4 Å². The zero-order valence-electron chi connectivity index (χ0n) is 16.0. The molecule has 5 heteroatoms. The number of carboxylic acids is 1. The van der Waals surface area contributed by atoms with Gasteiger partial charge in [0.1, 0.15) is 0 Å². The summed E-state index contributed by atoms with van der Waals surface area (Å²) in [6.07, 6.45) is 6.64. The van der Waals surface area contributed by atoms with Gasteiger partial charge in [0.15, 0.2) is 0 Å². The average molecular weight is 354 g/mol. The predicted octanol–water partition coefficient (Wildman–Crippen LogP) is 3.69. The number of fused-ring (bicyclic) bond motifs is 2. The molecule has 6 unspecified atom stereocenters. The van der Waals surface area contributed by atoms with Crippen LogP contribution >= 0.6 is 0 Å². The second-order valence-electron chi connectivity index (χ2n) is 8.26. The number of aliphatic carboxylic acids is 1. The Bertz CT molecular complexity index is 484. The van der Waals surface area contributed by atoms with Gasteiger partial charge in [-0.2, -0.15) is 0 Å². The maximum absolute atomic E-state index is 11.1. The third-order valence-corrected chi connectivity index (χ3v) is 5.70. The molecule has 0 spiro atoms. The van der Waals surface area contributed by atoms with Crippen molar-refractivity contribution in [1.29, 1.82) is 0 Å². The van der Waals surface area contributed by atoms with Gasteiger partial charge in [-0.15, -0.1) is 0 Å². The monoisotopic (exact) mass is 354 g/mol. The van der Waals surface area contributed by atoms with Crippen LogP contribution in [0.4, 0.5) is 0 Å². The van der Waals surface area contributed by atoms with Gasteiger partial charge in [0.2, 0.25) is 0 Å². The van der Waals surface area contributed by atoms with E-state index in [1.807, 2.05) is 13.8 Å². The van der Waals surface area contributed by atoms with Gasteiger partial charge in [-0.1, -0.05) is 25.0 Å². The molecule has 2 bridgehead atoms. The molecule has 6 atom stereocenters. The van der Waals surface area contributed by atoms with Crippen LogP contribution in [0.25, 0.3) is 0 Å².